The molecule has 0 fully saturated rings. The number of amides is 1. The van der Waals surface area contributed by atoms with E-state index in [0.717, 1.165) is 21.8 Å². The number of aryl methyl sites for hydroxylation is 2. The molecule has 2 N–H and O–H groups in total. The zero-order chi connectivity index (χ0) is 20.7. The van der Waals surface area contributed by atoms with E-state index in [1.54, 1.807) is 0 Å². The van der Waals surface area contributed by atoms with Crippen LogP contribution in [0.25, 0.3) is 0 Å². The van der Waals surface area contributed by atoms with E-state index in [1.807, 2.05) is 6.07 Å². The van der Waals surface area contributed by atoms with Gasteiger partial charge in [0.15, 0.2) is 0 Å². The van der Waals surface area contributed by atoms with Crippen molar-refractivity contribution in [2.75, 3.05) is 11.1 Å². The smallest absolute Gasteiger partial charge is 0.235 e. The Morgan fingerprint density at radius 2 is 2.00 bits per heavy atom. The Bertz CT molecular complexity index is 967. The number of rotatable bonds is 4. The molecule has 0 saturated heterocycles. The van der Waals surface area contributed by atoms with Crippen LogP contribution in [-0.4, -0.2) is 17.2 Å². The summed E-state index contributed by atoms with van der Waals surface area (Å²) >= 11 is 3.04. The van der Waals surface area contributed by atoms with Crippen molar-refractivity contribution < 1.29 is 4.79 Å². The lowest BCUT2D eigenvalue weighted by atomic mass is 9.81. The highest BCUT2D eigenvalue weighted by Crippen LogP contribution is 2.44. The first-order valence-corrected chi connectivity index (χ1v) is 11.2. The number of nitrogens with one attached hydrogen (secondary N) is 2. The molecule has 1 aliphatic heterocycles. The number of hydrogen-bond acceptors (Lipinski definition) is 5. The molecule has 1 amide bonds. The molecule has 0 spiro atoms. The summed E-state index contributed by atoms with van der Waals surface area (Å²) in [4.78, 5) is 14.8. The number of thioether (sulfide) groups is 1. The lowest BCUT2D eigenvalue weighted by Crippen LogP contribution is -2.54. The summed E-state index contributed by atoms with van der Waals surface area (Å²) < 4.78 is 0. The molecule has 1 aliphatic rings. The topological polar surface area (TPSA) is 64.9 Å². The fourth-order valence-electron chi connectivity index (χ4n) is 3.85. The number of benzene rings is 1. The van der Waals surface area contributed by atoms with Crippen LogP contribution in [0.4, 0.5) is 5.00 Å². The van der Waals surface area contributed by atoms with Crippen LogP contribution in [0.5, 0.6) is 0 Å². The van der Waals surface area contributed by atoms with Crippen LogP contribution in [0.15, 0.2) is 23.1 Å². The van der Waals surface area contributed by atoms with Gasteiger partial charge in [0, 0.05) is 20.9 Å². The van der Waals surface area contributed by atoms with Gasteiger partial charge in [-0.2, -0.15) is 5.26 Å². The highest BCUT2D eigenvalue weighted by molar-refractivity contribution is 8.00. The number of carbonyl (C=O) groups excluding carboxylic acids is 1. The maximum atomic E-state index is 12.6. The molecule has 6 heteroatoms. The third-order valence-electron chi connectivity index (χ3n) is 5.06. The van der Waals surface area contributed by atoms with Crippen LogP contribution >= 0.6 is 23.1 Å². The summed E-state index contributed by atoms with van der Waals surface area (Å²) in [7, 11) is 0. The van der Waals surface area contributed by atoms with Crippen LogP contribution in [0.3, 0.4) is 0 Å². The normalized spacial score (nSPS) is 16.9. The third-order valence-corrected chi connectivity index (χ3v) is 7.52. The Morgan fingerprint density at radius 3 is 2.64 bits per heavy atom. The van der Waals surface area contributed by atoms with Gasteiger partial charge in [-0.3, -0.25) is 4.79 Å². The summed E-state index contributed by atoms with van der Waals surface area (Å²) in [6, 6.07) is 8.56. The van der Waals surface area contributed by atoms with E-state index in [9.17, 15) is 10.1 Å². The molecule has 0 aliphatic carbocycles. The maximum Gasteiger partial charge on any atom is 0.235 e. The van der Waals surface area contributed by atoms with Crippen molar-refractivity contribution >= 4 is 34.0 Å². The number of nitriles is 1. The Labute approximate surface area is 175 Å². The molecule has 2 aromatic rings. The third kappa shape index (κ3) is 4.27. The van der Waals surface area contributed by atoms with Crippen molar-refractivity contribution in [2.24, 2.45) is 0 Å². The Kier molecular flexibility index (Phi) is 5.64. The number of thiophene rings is 1. The summed E-state index contributed by atoms with van der Waals surface area (Å²) in [5.41, 5.74) is 3.83. The monoisotopic (exact) mass is 413 g/mol. The second-order valence-corrected chi connectivity index (χ2v) is 10.7. The molecule has 28 heavy (non-hydrogen) atoms. The second kappa shape index (κ2) is 7.55. The first kappa shape index (κ1) is 20.9. The number of carbonyl (C=O) groups is 1. The van der Waals surface area contributed by atoms with Crippen molar-refractivity contribution in [3.8, 4) is 6.07 Å². The molecule has 0 unspecified atom stereocenters. The van der Waals surface area contributed by atoms with Crippen LogP contribution in [0, 0.1) is 25.2 Å². The summed E-state index contributed by atoms with van der Waals surface area (Å²) in [6.45, 7) is 12.7. The van der Waals surface area contributed by atoms with E-state index in [4.69, 9.17) is 0 Å². The van der Waals surface area contributed by atoms with Gasteiger partial charge < -0.3 is 10.6 Å². The zero-order valence-corrected chi connectivity index (χ0v) is 19.0. The molecule has 0 atom stereocenters. The minimum atomic E-state index is -0.232. The Balaban J connectivity index is 1.77. The predicted octanol–water partition coefficient (Wildman–Crippen LogP) is 5.13. The van der Waals surface area contributed by atoms with E-state index in [-0.39, 0.29) is 17.0 Å². The molecule has 0 bridgehead atoms. The molecule has 0 saturated carbocycles. The van der Waals surface area contributed by atoms with Gasteiger partial charge in [-0.25, -0.2) is 0 Å². The minimum Gasteiger partial charge on any atom is -0.316 e. The van der Waals surface area contributed by atoms with Gasteiger partial charge in [-0.15, -0.1) is 23.1 Å². The number of nitrogens with zero attached hydrogens (tertiary/aromatic N) is 1. The van der Waals surface area contributed by atoms with Gasteiger partial charge in [0.2, 0.25) is 5.91 Å². The number of fused-ring (bicyclic) bond motifs is 1. The van der Waals surface area contributed by atoms with E-state index in [2.05, 4.69) is 70.4 Å². The highest BCUT2D eigenvalue weighted by atomic mass is 32.2. The fourth-order valence-corrected chi connectivity index (χ4v) is 5.89. The Morgan fingerprint density at radius 1 is 1.29 bits per heavy atom. The highest BCUT2D eigenvalue weighted by Gasteiger charge is 2.40. The molecule has 0 radical (unpaired) electrons. The standard InChI is InChI=1S/C22H27N3OS2/c1-13-7-8-15(9-14(13)2)27-12-18(26)24-20-17(11-23)16-10-21(3,4)25-22(5,6)19(16)28-20/h7-9,25H,10,12H2,1-6H3,(H,24,26). The van der Waals surface area contributed by atoms with Gasteiger partial charge in [0.05, 0.1) is 11.3 Å². The van der Waals surface area contributed by atoms with E-state index < -0.39 is 0 Å². The van der Waals surface area contributed by atoms with Crippen LogP contribution in [-0.2, 0) is 16.8 Å². The van der Waals surface area contributed by atoms with Crippen LogP contribution in [0.2, 0.25) is 0 Å². The summed E-state index contributed by atoms with van der Waals surface area (Å²) in [5, 5.41) is 17.1. The van der Waals surface area contributed by atoms with Crippen LogP contribution in [0.1, 0.15) is 54.8 Å². The average molecular weight is 414 g/mol. The van der Waals surface area contributed by atoms with E-state index in [0.29, 0.717) is 16.3 Å². The fraction of sp³-hybridized carbons (Fsp3) is 0.455. The first-order chi connectivity index (χ1) is 13.0. The molecule has 3 rings (SSSR count). The van der Waals surface area contributed by atoms with Gasteiger partial charge in [-0.1, -0.05) is 6.07 Å². The van der Waals surface area contributed by atoms with Crippen molar-refractivity contribution in [2.45, 2.75) is 63.9 Å². The van der Waals surface area contributed by atoms with Gasteiger partial charge in [-0.05, 0) is 76.8 Å². The summed E-state index contributed by atoms with van der Waals surface area (Å²) in [5.74, 6) is 0.242. The van der Waals surface area contributed by atoms with E-state index in [1.165, 1.54) is 34.2 Å². The number of anilines is 1. The maximum absolute atomic E-state index is 12.6. The number of hydrogen-bond donors (Lipinski definition) is 2. The zero-order valence-electron chi connectivity index (χ0n) is 17.3. The second-order valence-electron chi connectivity index (χ2n) is 8.62. The molecule has 1 aromatic heterocycles. The lowest BCUT2D eigenvalue weighted by molar-refractivity contribution is -0.113. The molecule has 1 aromatic carbocycles. The summed E-state index contributed by atoms with van der Waals surface area (Å²) in [6.07, 6.45) is 0.776. The first-order valence-electron chi connectivity index (χ1n) is 9.38. The SMILES string of the molecule is Cc1ccc(SCC(=O)Nc2sc3c(c2C#N)CC(C)(C)NC3(C)C)cc1C. The van der Waals surface area contributed by atoms with Crippen LogP contribution < -0.4 is 10.6 Å². The minimum absolute atomic E-state index is 0.0802. The average Bonchev–Trinajstić information content (AvgIpc) is 2.92. The van der Waals surface area contributed by atoms with Crippen molar-refractivity contribution in [1.29, 1.82) is 5.26 Å². The molecule has 4 nitrogen and oxygen atoms in total. The molecule has 2 heterocycles. The van der Waals surface area contributed by atoms with Gasteiger partial charge in [0.1, 0.15) is 11.1 Å². The largest absolute Gasteiger partial charge is 0.316 e. The molecular weight excluding hydrogens is 386 g/mol. The predicted molar refractivity (Wildman–Crippen MR) is 118 cm³/mol. The molecular formula is C22H27N3OS2. The van der Waals surface area contributed by atoms with Crippen molar-refractivity contribution in [3.05, 3.63) is 45.3 Å². The van der Waals surface area contributed by atoms with Crippen molar-refractivity contribution in [3.63, 3.8) is 0 Å². The quantitative estimate of drug-likeness (QED) is 0.682. The van der Waals surface area contributed by atoms with Crippen molar-refractivity contribution in [1.82, 2.24) is 5.32 Å². The van der Waals surface area contributed by atoms with E-state index >= 15 is 0 Å². The molecule has 148 valence electrons. The lowest BCUT2D eigenvalue weighted by Gasteiger charge is -2.42. The van der Waals surface area contributed by atoms with Gasteiger partial charge in [0.25, 0.3) is 0 Å². The Hall–Kier alpha value is -1.81. The van der Waals surface area contributed by atoms with Gasteiger partial charge >= 0.3 is 0 Å².